The van der Waals surface area contributed by atoms with Gasteiger partial charge in [0.2, 0.25) is 5.91 Å². The fourth-order valence-electron chi connectivity index (χ4n) is 2.38. The molecule has 1 aromatic heterocycles. The number of carbonyl (C=O) groups excluding carboxylic acids is 1. The molecular weight excluding hydrogens is 325 g/mol. The van der Waals surface area contributed by atoms with E-state index in [4.69, 9.17) is 4.42 Å². The lowest BCUT2D eigenvalue weighted by Gasteiger charge is -2.04. The van der Waals surface area contributed by atoms with Gasteiger partial charge >= 0.3 is 0 Å². The number of furan rings is 1. The van der Waals surface area contributed by atoms with Crippen molar-refractivity contribution in [3.63, 3.8) is 0 Å². The molecule has 2 aromatic carbocycles. The molecule has 0 saturated carbocycles. The van der Waals surface area contributed by atoms with E-state index in [1.165, 1.54) is 23.9 Å². The van der Waals surface area contributed by atoms with Crippen LogP contribution in [0, 0.1) is 5.82 Å². The Hall–Kier alpha value is -2.27. The van der Waals surface area contributed by atoms with Gasteiger partial charge in [0.15, 0.2) is 0 Å². The predicted molar refractivity (Wildman–Crippen MR) is 94.7 cm³/mol. The van der Waals surface area contributed by atoms with E-state index < -0.39 is 0 Å². The number of carbonyl (C=O) groups is 1. The van der Waals surface area contributed by atoms with Crippen LogP contribution in [0.3, 0.4) is 0 Å². The zero-order valence-corrected chi connectivity index (χ0v) is 13.9. The Morgan fingerprint density at radius 1 is 1.12 bits per heavy atom. The van der Waals surface area contributed by atoms with Crippen LogP contribution >= 0.6 is 11.8 Å². The van der Waals surface area contributed by atoms with E-state index in [-0.39, 0.29) is 11.7 Å². The molecule has 1 N–H and O–H groups in total. The van der Waals surface area contributed by atoms with Gasteiger partial charge < -0.3 is 9.73 Å². The first-order valence-corrected chi connectivity index (χ1v) is 8.82. The zero-order chi connectivity index (χ0) is 16.8. The van der Waals surface area contributed by atoms with Gasteiger partial charge in [0.25, 0.3) is 0 Å². The summed E-state index contributed by atoms with van der Waals surface area (Å²) in [6.07, 6.45) is 1.62. The Bertz CT molecular complexity index is 781. The molecule has 5 heteroatoms. The minimum absolute atomic E-state index is 0.0195. The molecular formula is C19H18FNO2S. The molecule has 0 unspecified atom stereocenters. The van der Waals surface area contributed by atoms with E-state index in [1.54, 1.807) is 12.1 Å². The minimum Gasteiger partial charge on any atom is -0.461 e. The lowest BCUT2D eigenvalue weighted by molar-refractivity contribution is -0.118. The van der Waals surface area contributed by atoms with Gasteiger partial charge in [0, 0.05) is 23.2 Å². The largest absolute Gasteiger partial charge is 0.461 e. The Labute approximate surface area is 144 Å². The van der Waals surface area contributed by atoms with Crippen molar-refractivity contribution in [3.8, 4) is 0 Å². The van der Waals surface area contributed by atoms with Gasteiger partial charge in [-0.2, -0.15) is 0 Å². The third-order valence-electron chi connectivity index (χ3n) is 3.58. The molecule has 0 radical (unpaired) electrons. The Morgan fingerprint density at radius 3 is 2.71 bits per heavy atom. The van der Waals surface area contributed by atoms with Gasteiger partial charge in [-0.15, -0.1) is 11.8 Å². The van der Waals surface area contributed by atoms with Gasteiger partial charge in [-0.1, -0.05) is 18.2 Å². The molecule has 1 heterocycles. The maximum Gasteiger partial charge on any atom is 0.230 e. The molecule has 0 saturated heterocycles. The van der Waals surface area contributed by atoms with E-state index >= 15 is 0 Å². The van der Waals surface area contributed by atoms with Crippen molar-refractivity contribution < 1.29 is 13.6 Å². The maximum atomic E-state index is 12.8. The number of fused-ring (bicyclic) bond motifs is 1. The number of hydrogen-bond acceptors (Lipinski definition) is 3. The topological polar surface area (TPSA) is 42.2 Å². The molecule has 124 valence electrons. The number of hydrogen-bond donors (Lipinski definition) is 1. The predicted octanol–water partition coefficient (Wildman–Crippen LogP) is 4.41. The molecule has 24 heavy (non-hydrogen) atoms. The highest BCUT2D eigenvalue weighted by atomic mass is 32.2. The lowest BCUT2D eigenvalue weighted by atomic mass is 10.2. The summed E-state index contributed by atoms with van der Waals surface area (Å²) in [5, 5.41) is 4.00. The van der Waals surface area contributed by atoms with Gasteiger partial charge in [-0.05, 0) is 42.8 Å². The number of nitrogens with one attached hydrogen (secondary N) is 1. The van der Waals surface area contributed by atoms with Crippen molar-refractivity contribution >= 4 is 28.6 Å². The number of rotatable bonds is 7. The van der Waals surface area contributed by atoms with Gasteiger partial charge in [-0.3, -0.25) is 4.79 Å². The number of benzene rings is 2. The lowest BCUT2D eigenvalue weighted by Crippen LogP contribution is -2.26. The van der Waals surface area contributed by atoms with Gasteiger partial charge in [-0.25, -0.2) is 4.39 Å². The van der Waals surface area contributed by atoms with Crippen LogP contribution in [0.4, 0.5) is 4.39 Å². The van der Waals surface area contributed by atoms with Crippen LogP contribution in [0.25, 0.3) is 11.0 Å². The van der Waals surface area contributed by atoms with Crippen LogP contribution < -0.4 is 5.32 Å². The maximum absolute atomic E-state index is 12.8. The highest BCUT2D eigenvalue weighted by molar-refractivity contribution is 8.00. The van der Waals surface area contributed by atoms with E-state index in [2.05, 4.69) is 5.32 Å². The van der Waals surface area contributed by atoms with Crippen LogP contribution in [0.5, 0.6) is 0 Å². The van der Waals surface area contributed by atoms with Crippen molar-refractivity contribution in [2.45, 2.75) is 17.7 Å². The summed E-state index contributed by atoms with van der Waals surface area (Å²) in [5.74, 6) is 0.977. The van der Waals surface area contributed by atoms with Crippen molar-refractivity contribution in [2.75, 3.05) is 12.3 Å². The summed E-state index contributed by atoms with van der Waals surface area (Å²) < 4.78 is 18.5. The highest BCUT2D eigenvalue weighted by Gasteiger charge is 2.05. The first kappa shape index (κ1) is 16.6. The zero-order valence-electron chi connectivity index (χ0n) is 13.1. The van der Waals surface area contributed by atoms with E-state index in [1.807, 2.05) is 30.3 Å². The van der Waals surface area contributed by atoms with Crippen LogP contribution in [0.2, 0.25) is 0 Å². The summed E-state index contributed by atoms with van der Waals surface area (Å²) in [6, 6.07) is 16.1. The summed E-state index contributed by atoms with van der Waals surface area (Å²) in [4.78, 5) is 12.7. The number of amides is 1. The monoisotopic (exact) mass is 343 g/mol. The number of aryl methyl sites for hydroxylation is 1. The standard InChI is InChI=1S/C19H18FNO2S/c20-15-7-9-17(10-8-15)24-13-19(22)21-11-3-5-16-12-14-4-1-2-6-18(14)23-16/h1-2,4,6-10,12H,3,5,11,13H2,(H,21,22). The second-order valence-electron chi connectivity index (χ2n) is 5.45. The highest BCUT2D eigenvalue weighted by Crippen LogP contribution is 2.20. The molecule has 0 atom stereocenters. The summed E-state index contributed by atoms with van der Waals surface area (Å²) in [7, 11) is 0. The number of thioether (sulfide) groups is 1. The molecule has 3 aromatic rings. The molecule has 3 nitrogen and oxygen atoms in total. The molecule has 1 amide bonds. The smallest absolute Gasteiger partial charge is 0.230 e. The average molecular weight is 343 g/mol. The van der Waals surface area contributed by atoms with Crippen LogP contribution in [-0.4, -0.2) is 18.2 Å². The van der Waals surface area contributed by atoms with Crippen LogP contribution in [0.1, 0.15) is 12.2 Å². The summed E-state index contributed by atoms with van der Waals surface area (Å²) >= 11 is 1.40. The first-order chi connectivity index (χ1) is 11.7. The fraction of sp³-hybridized carbons (Fsp3) is 0.211. The van der Waals surface area contributed by atoms with E-state index in [0.717, 1.165) is 34.5 Å². The normalized spacial score (nSPS) is 10.9. The van der Waals surface area contributed by atoms with Gasteiger partial charge in [0.1, 0.15) is 17.2 Å². The van der Waals surface area contributed by atoms with Crippen LogP contribution in [0.15, 0.2) is 63.9 Å². The van der Waals surface area contributed by atoms with Crippen LogP contribution in [-0.2, 0) is 11.2 Å². The van der Waals surface area contributed by atoms with Crippen molar-refractivity contribution in [1.29, 1.82) is 0 Å². The third-order valence-corrected chi connectivity index (χ3v) is 4.59. The quantitative estimate of drug-likeness (QED) is 0.510. The average Bonchev–Trinajstić information content (AvgIpc) is 3.01. The molecule has 0 aliphatic heterocycles. The Balaban J connectivity index is 1.36. The Kier molecular flexibility index (Phi) is 5.54. The minimum atomic E-state index is -0.269. The van der Waals surface area contributed by atoms with E-state index in [0.29, 0.717) is 12.3 Å². The second kappa shape index (κ2) is 8.02. The molecule has 3 rings (SSSR count). The molecule has 0 aliphatic rings. The Morgan fingerprint density at radius 2 is 1.92 bits per heavy atom. The first-order valence-electron chi connectivity index (χ1n) is 7.83. The van der Waals surface area contributed by atoms with Crippen molar-refractivity contribution in [2.24, 2.45) is 0 Å². The molecule has 0 aliphatic carbocycles. The SMILES string of the molecule is O=C(CSc1ccc(F)cc1)NCCCc1cc2ccccc2o1. The summed E-state index contributed by atoms with van der Waals surface area (Å²) in [6.45, 7) is 0.611. The number of halogens is 1. The third kappa shape index (κ3) is 4.61. The van der Waals surface area contributed by atoms with Crippen molar-refractivity contribution in [1.82, 2.24) is 5.32 Å². The fourth-order valence-corrected chi connectivity index (χ4v) is 3.11. The molecule has 0 fully saturated rings. The number of para-hydroxylation sites is 1. The second-order valence-corrected chi connectivity index (χ2v) is 6.50. The summed E-state index contributed by atoms with van der Waals surface area (Å²) in [5.41, 5.74) is 0.896. The van der Waals surface area contributed by atoms with Gasteiger partial charge in [0.05, 0.1) is 5.75 Å². The van der Waals surface area contributed by atoms with Crippen molar-refractivity contribution in [3.05, 3.63) is 66.2 Å². The molecule has 0 spiro atoms. The molecule has 0 bridgehead atoms. The van der Waals surface area contributed by atoms with E-state index in [9.17, 15) is 9.18 Å².